The average molecular weight is 598 g/mol. The first kappa shape index (κ1) is 29.4. The molecular formula is C33H36FN7O3. The quantitative estimate of drug-likeness (QED) is 0.278. The number of tetrazole rings is 1. The minimum atomic E-state index is -0.409. The Morgan fingerprint density at radius 1 is 1.00 bits per heavy atom. The third kappa shape index (κ3) is 5.79. The summed E-state index contributed by atoms with van der Waals surface area (Å²) >= 11 is 0. The summed E-state index contributed by atoms with van der Waals surface area (Å²) in [6, 6.07) is 22.2. The van der Waals surface area contributed by atoms with E-state index in [9.17, 15) is 14.0 Å². The lowest BCUT2D eigenvalue weighted by Crippen LogP contribution is -2.51. The van der Waals surface area contributed by atoms with Gasteiger partial charge < -0.3 is 19.9 Å². The maximum atomic E-state index is 14.5. The first-order valence-corrected chi connectivity index (χ1v) is 14.9. The zero-order valence-corrected chi connectivity index (χ0v) is 24.7. The van der Waals surface area contributed by atoms with Crippen molar-refractivity contribution in [3.05, 3.63) is 102 Å². The lowest BCUT2D eigenvalue weighted by molar-refractivity contribution is -0.112. The molecule has 44 heavy (non-hydrogen) atoms. The van der Waals surface area contributed by atoms with E-state index in [1.807, 2.05) is 29.2 Å². The molecule has 1 unspecified atom stereocenters. The summed E-state index contributed by atoms with van der Waals surface area (Å²) in [6.07, 6.45) is 5.35. The number of benzene rings is 3. The second kappa shape index (κ2) is 12.5. The van der Waals surface area contributed by atoms with Crippen LogP contribution in [0.25, 0.3) is 5.69 Å². The van der Waals surface area contributed by atoms with Crippen LogP contribution in [0, 0.1) is 5.82 Å². The molecular weight excluding hydrogens is 561 g/mol. The molecule has 2 aliphatic heterocycles. The first-order chi connectivity index (χ1) is 21.4. The van der Waals surface area contributed by atoms with E-state index in [0.29, 0.717) is 36.5 Å². The molecule has 2 amide bonds. The van der Waals surface area contributed by atoms with Gasteiger partial charge in [-0.2, -0.15) is 0 Å². The minimum Gasteiger partial charge on any atom is -0.496 e. The zero-order valence-electron chi connectivity index (χ0n) is 24.7. The fourth-order valence-corrected chi connectivity index (χ4v) is 6.82. The van der Waals surface area contributed by atoms with E-state index in [2.05, 4.69) is 37.9 Å². The van der Waals surface area contributed by atoms with E-state index in [1.165, 1.54) is 17.1 Å². The molecule has 0 aliphatic carbocycles. The number of likely N-dealkylation sites (tertiary alicyclic amines) is 2. The Bertz CT molecular complexity index is 1590. The highest BCUT2D eigenvalue weighted by Gasteiger charge is 2.43. The van der Waals surface area contributed by atoms with Crippen LogP contribution in [0.15, 0.2) is 79.1 Å². The number of carbonyl (C=O) groups excluding carboxylic acids is 2. The minimum absolute atomic E-state index is 0.152. The molecule has 2 fully saturated rings. The van der Waals surface area contributed by atoms with Crippen LogP contribution >= 0.6 is 0 Å². The van der Waals surface area contributed by atoms with Gasteiger partial charge in [0.2, 0.25) is 6.41 Å². The van der Waals surface area contributed by atoms with Gasteiger partial charge in [-0.05, 0) is 84.1 Å². The number of hydrogen-bond acceptors (Lipinski definition) is 7. The van der Waals surface area contributed by atoms with Crippen molar-refractivity contribution in [2.45, 2.75) is 36.6 Å². The number of rotatable bonds is 10. The van der Waals surface area contributed by atoms with Gasteiger partial charge in [0.1, 0.15) is 17.9 Å². The van der Waals surface area contributed by atoms with Gasteiger partial charge in [0, 0.05) is 31.6 Å². The van der Waals surface area contributed by atoms with Crippen LogP contribution < -0.4 is 10.1 Å². The van der Waals surface area contributed by atoms with Gasteiger partial charge in [-0.15, -0.1) is 5.10 Å². The van der Waals surface area contributed by atoms with Gasteiger partial charge in [0.05, 0.1) is 23.9 Å². The Hall–Kier alpha value is -4.64. The van der Waals surface area contributed by atoms with Crippen molar-refractivity contribution in [3.63, 3.8) is 0 Å². The van der Waals surface area contributed by atoms with Crippen LogP contribution in [0.3, 0.4) is 0 Å². The standard InChI is InChI=1S/C33H36FN7O3/c1-44-30-11-10-28(41-23-36-37-38-41)21-29(30)31(43)40-19-13-32(22-40,26-8-5-9-27(34)20-26)12-16-39-17-14-33(15-18-39,35-24-42)25-6-3-2-4-7-25/h2-11,20-21,23-24H,12-19,22H2,1H3,(H,35,42). The van der Waals surface area contributed by atoms with Crippen molar-refractivity contribution in [2.75, 3.05) is 39.8 Å². The molecule has 3 heterocycles. The highest BCUT2D eigenvalue weighted by molar-refractivity contribution is 5.97. The van der Waals surface area contributed by atoms with Gasteiger partial charge in [-0.3, -0.25) is 9.59 Å². The van der Waals surface area contributed by atoms with E-state index in [0.717, 1.165) is 56.4 Å². The van der Waals surface area contributed by atoms with E-state index in [-0.39, 0.29) is 17.3 Å². The maximum Gasteiger partial charge on any atom is 0.257 e. The molecule has 0 saturated carbocycles. The summed E-state index contributed by atoms with van der Waals surface area (Å²) in [5.74, 6) is 0.0304. The summed E-state index contributed by atoms with van der Waals surface area (Å²) in [5, 5.41) is 14.4. The fraction of sp³-hybridized carbons (Fsp3) is 0.364. The molecule has 0 bridgehead atoms. The normalized spacial score (nSPS) is 19.9. The largest absolute Gasteiger partial charge is 0.496 e. The molecule has 228 valence electrons. The Kier molecular flexibility index (Phi) is 8.38. The maximum absolute atomic E-state index is 14.5. The number of methoxy groups -OCH3 is 1. The number of carbonyl (C=O) groups is 2. The van der Waals surface area contributed by atoms with Crippen LogP contribution in [0.5, 0.6) is 5.75 Å². The van der Waals surface area contributed by atoms with Crippen molar-refractivity contribution in [3.8, 4) is 11.4 Å². The summed E-state index contributed by atoms with van der Waals surface area (Å²) in [5.41, 5.74) is 2.30. The van der Waals surface area contributed by atoms with Crippen molar-refractivity contribution in [1.29, 1.82) is 0 Å². The monoisotopic (exact) mass is 597 g/mol. The summed E-state index contributed by atoms with van der Waals surface area (Å²) < 4.78 is 21.6. The molecule has 0 spiro atoms. The molecule has 4 aromatic rings. The van der Waals surface area contributed by atoms with Crippen LogP contribution in [0.2, 0.25) is 0 Å². The average Bonchev–Trinajstić information content (AvgIpc) is 3.76. The topological polar surface area (TPSA) is 105 Å². The highest BCUT2D eigenvalue weighted by atomic mass is 19.1. The molecule has 11 heteroatoms. The van der Waals surface area contributed by atoms with Crippen LogP contribution in [0.4, 0.5) is 4.39 Å². The molecule has 1 N–H and O–H groups in total. The smallest absolute Gasteiger partial charge is 0.257 e. The van der Waals surface area contributed by atoms with E-state index in [4.69, 9.17) is 4.74 Å². The van der Waals surface area contributed by atoms with Gasteiger partial charge in [0.25, 0.3) is 5.91 Å². The summed E-state index contributed by atoms with van der Waals surface area (Å²) in [7, 11) is 1.54. The first-order valence-electron chi connectivity index (χ1n) is 14.9. The van der Waals surface area contributed by atoms with E-state index in [1.54, 1.807) is 37.4 Å². The third-order valence-corrected chi connectivity index (χ3v) is 9.38. The number of nitrogens with zero attached hydrogens (tertiary/aromatic N) is 6. The van der Waals surface area contributed by atoms with Crippen molar-refractivity contribution in [2.24, 2.45) is 0 Å². The van der Waals surface area contributed by atoms with Crippen molar-refractivity contribution in [1.82, 2.24) is 35.3 Å². The summed E-state index contributed by atoms with van der Waals surface area (Å²) in [6.45, 7) is 3.43. The van der Waals surface area contributed by atoms with Crippen LogP contribution in [-0.4, -0.2) is 82.2 Å². The van der Waals surface area contributed by atoms with Gasteiger partial charge >= 0.3 is 0 Å². The zero-order chi connectivity index (χ0) is 30.6. The predicted molar refractivity (Wildman–Crippen MR) is 162 cm³/mol. The molecule has 1 aromatic heterocycles. The Morgan fingerprint density at radius 2 is 1.80 bits per heavy atom. The number of halogens is 1. The number of piperidine rings is 1. The lowest BCUT2D eigenvalue weighted by Gasteiger charge is -2.43. The Labute approximate surface area is 255 Å². The second-order valence-electron chi connectivity index (χ2n) is 11.7. The second-order valence-corrected chi connectivity index (χ2v) is 11.7. The van der Waals surface area contributed by atoms with Crippen molar-refractivity contribution >= 4 is 12.3 Å². The number of nitrogens with one attached hydrogen (secondary N) is 1. The summed E-state index contributed by atoms with van der Waals surface area (Å²) in [4.78, 5) is 29.8. The molecule has 6 rings (SSSR count). The third-order valence-electron chi connectivity index (χ3n) is 9.38. The molecule has 0 radical (unpaired) electrons. The Morgan fingerprint density at radius 3 is 2.50 bits per heavy atom. The lowest BCUT2D eigenvalue weighted by atomic mass is 9.76. The van der Waals surface area contributed by atoms with Gasteiger partial charge in [-0.1, -0.05) is 42.5 Å². The molecule has 3 aromatic carbocycles. The van der Waals surface area contributed by atoms with Crippen molar-refractivity contribution < 1.29 is 18.7 Å². The number of amides is 2. The number of ether oxygens (including phenoxy) is 1. The van der Waals surface area contributed by atoms with E-state index >= 15 is 0 Å². The molecule has 10 nitrogen and oxygen atoms in total. The molecule has 2 saturated heterocycles. The number of aromatic nitrogens is 4. The SMILES string of the molecule is COc1ccc(-n2cnnn2)cc1C(=O)N1CCC(CCN2CCC(NC=O)(c3ccccc3)CC2)(c2cccc(F)c2)C1. The van der Waals surface area contributed by atoms with Crippen LogP contribution in [-0.2, 0) is 15.7 Å². The highest BCUT2D eigenvalue weighted by Crippen LogP contribution is 2.40. The Balaban J connectivity index is 1.20. The van der Waals surface area contributed by atoms with E-state index < -0.39 is 5.41 Å². The predicted octanol–water partition coefficient (Wildman–Crippen LogP) is 3.72. The number of hydrogen-bond donors (Lipinski definition) is 1. The molecule has 1 atom stereocenters. The molecule has 2 aliphatic rings. The van der Waals surface area contributed by atoms with Gasteiger partial charge in [-0.25, -0.2) is 9.07 Å². The fourth-order valence-electron chi connectivity index (χ4n) is 6.82. The van der Waals surface area contributed by atoms with Gasteiger partial charge in [0.15, 0.2) is 0 Å². The van der Waals surface area contributed by atoms with Crippen LogP contribution in [0.1, 0.15) is 47.2 Å².